The maximum Gasteiger partial charge on any atom is 0.410 e. The lowest BCUT2D eigenvalue weighted by molar-refractivity contribution is 0.0198. The molecule has 4 nitrogen and oxygen atoms in total. The molecule has 1 N–H and O–H groups in total. The number of piperidine rings is 1. The van der Waals surface area contributed by atoms with E-state index in [4.69, 9.17) is 4.74 Å². The lowest BCUT2D eigenvalue weighted by atomic mass is 10.0. The van der Waals surface area contributed by atoms with Crippen molar-refractivity contribution in [1.82, 2.24) is 10.2 Å². The van der Waals surface area contributed by atoms with Gasteiger partial charge in [-0.3, -0.25) is 0 Å². The summed E-state index contributed by atoms with van der Waals surface area (Å²) in [6.45, 7) is 6.63. The monoisotopic (exact) mass is 344 g/mol. The van der Waals surface area contributed by atoms with E-state index < -0.39 is 23.1 Å². The van der Waals surface area contributed by atoms with Gasteiger partial charge in [0.05, 0.1) is 0 Å². The number of hydrogen-bond donors (Lipinski definition) is 1. The minimum absolute atomic E-state index is 0.0798. The molecule has 0 spiro atoms. The van der Waals surface area contributed by atoms with Crippen LogP contribution in [0.2, 0.25) is 0 Å². The zero-order valence-electron chi connectivity index (χ0n) is 14.2. The second-order valence-electron chi connectivity index (χ2n) is 6.96. The Morgan fingerprint density at radius 1 is 1.21 bits per heavy atom. The summed E-state index contributed by atoms with van der Waals surface area (Å²) in [6.07, 6.45) is 1.03. The van der Waals surface area contributed by atoms with Crippen molar-refractivity contribution in [3.8, 4) is 0 Å². The SMILES string of the molecule is CC(C)(C)OC(=O)N1CCC(NCc2ccc(F)c(F)c2F)CC1. The average Bonchev–Trinajstić information content (AvgIpc) is 2.51. The summed E-state index contributed by atoms with van der Waals surface area (Å²) in [5.41, 5.74) is -0.445. The second-order valence-corrected chi connectivity index (χ2v) is 6.96. The molecule has 0 saturated carbocycles. The van der Waals surface area contributed by atoms with Gasteiger partial charge in [0.2, 0.25) is 0 Å². The fraction of sp³-hybridized carbons (Fsp3) is 0.588. The first-order valence-electron chi connectivity index (χ1n) is 8.01. The molecule has 134 valence electrons. The minimum atomic E-state index is -1.45. The molecule has 0 bridgehead atoms. The van der Waals surface area contributed by atoms with Crippen molar-refractivity contribution < 1.29 is 22.7 Å². The Hall–Kier alpha value is -1.76. The highest BCUT2D eigenvalue weighted by Crippen LogP contribution is 2.18. The molecule has 1 aromatic rings. The van der Waals surface area contributed by atoms with Crippen molar-refractivity contribution in [1.29, 1.82) is 0 Å². The summed E-state index contributed by atoms with van der Waals surface area (Å²) in [5, 5.41) is 3.13. The maximum absolute atomic E-state index is 13.6. The van der Waals surface area contributed by atoms with Gasteiger partial charge < -0.3 is 15.0 Å². The van der Waals surface area contributed by atoms with E-state index >= 15 is 0 Å². The molecule has 0 radical (unpaired) electrons. The van der Waals surface area contributed by atoms with Crippen LogP contribution in [-0.4, -0.2) is 35.7 Å². The number of ether oxygens (including phenoxy) is 1. The van der Waals surface area contributed by atoms with Gasteiger partial charge in [-0.05, 0) is 39.7 Å². The van der Waals surface area contributed by atoms with Crippen molar-refractivity contribution in [3.63, 3.8) is 0 Å². The van der Waals surface area contributed by atoms with Crippen molar-refractivity contribution in [2.24, 2.45) is 0 Å². The number of carbonyl (C=O) groups is 1. The summed E-state index contributed by atoms with van der Waals surface area (Å²) in [7, 11) is 0. The Morgan fingerprint density at radius 2 is 1.83 bits per heavy atom. The van der Waals surface area contributed by atoms with Gasteiger partial charge in [0.1, 0.15) is 5.60 Å². The lowest BCUT2D eigenvalue weighted by Crippen LogP contribution is -2.46. The molecule has 1 aliphatic heterocycles. The Balaban J connectivity index is 1.82. The molecule has 0 aromatic heterocycles. The molecule has 7 heteroatoms. The predicted molar refractivity (Wildman–Crippen MR) is 84.0 cm³/mol. The second kappa shape index (κ2) is 7.42. The zero-order valence-corrected chi connectivity index (χ0v) is 14.2. The number of likely N-dealkylation sites (tertiary alicyclic amines) is 1. The third-order valence-corrected chi connectivity index (χ3v) is 3.84. The van der Waals surface area contributed by atoms with Gasteiger partial charge >= 0.3 is 6.09 Å². The van der Waals surface area contributed by atoms with Gasteiger partial charge in [0.15, 0.2) is 17.5 Å². The first kappa shape index (κ1) is 18.6. The third kappa shape index (κ3) is 4.87. The maximum atomic E-state index is 13.6. The van der Waals surface area contributed by atoms with Crippen LogP contribution in [0.3, 0.4) is 0 Å². The summed E-state index contributed by atoms with van der Waals surface area (Å²) in [5.74, 6) is -3.80. The lowest BCUT2D eigenvalue weighted by Gasteiger charge is -2.33. The van der Waals surface area contributed by atoms with E-state index in [2.05, 4.69) is 5.32 Å². The summed E-state index contributed by atoms with van der Waals surface area (Å²) in [4.78, 5) is 13.6. The molecule has 2 rings (SSSR count). The van der Waals surface area contributed by atoms with Crippen LogP contribution in [0, 0.1) is 17.5 Å². The van der Waals surface area contributed by atoms with E-state index in [0.717, 1.165) is 6.07 Å². The van der Waals surface area contributed by atoms with Crippen molar-refractivity contribution in [2.45, 2.75) is 51.8 Å². The Kier molecular flexibility index (Phi) is 5.74. The van der Waals surface area contributed by atoms with Crippen LogP contribution in [0.4, 0.5) is 18.0 Å². The van der Waals surface area contributed by atoms with Crippen LogP contribution in [0.15, 0.2) is 12.1 Å². The molecule has 1 aromatic carbocycles. The molecule has 1 fully saturated rings. The number of benzene rings is 1. The van der Waals surface area contributed by atoms with Crippen LogP contribution in [0.25, 0.3) is 0 Å². The van der Waals surface area contributed by atoms with Crippen molar-refractivity contribution in [3.05, 3.63) is 35.1 Å². The number of amides is 1. The molecule has 1 aliphatic rings. The Morgan fingerprint density at radius 3 is 2.42 bits per heavy atom. The van der Waals surface area contributed by atoms with Gasteiger partial charge in [-0.25, -0.2) is 18.0 Å². The van der Waals surface area contributed by atoms with Crippen LogP contribution >= 0.6 is 0 Å². The van der Waals surface area contributed by atoms with Crippen LogP contribution < -0.4 is 5.32 Å². The Bertz CT molecular complexity index is 594. The van der Waals surface area contributed by atoms with Gasteiger partial charge in [-0.15, -0.1) is 0 Å². The molecule has 1 saturated heterocycles. The molecule has 24 heavy (non-hydrogen) atoms. The Labute approximate surface area is 140 Å². The van der Waals surface area contributed by atoms with Gasteiger partial charge in [0.25, 0.3) is 0 Å². The third-order valence-electron chi connectivity index (χ3n) is 3.84. The normalized spacial score (nSPS) is 16.3. The largest absolute Gasteiger partial charge is 0.444 e. The fourth-order valence-corrected chi connectivity index (χ4v) is 2.55. The van der Waals surface area contributed by atoms with Crippen molar-refractivity contribution >= 4 is 6.09 Å². The first-order chi connectivity index (χ1) is 11.2. The quantitative estimate of drug-likeness (QED) is 0.852. The van der Waals surface area contributed by atoms with E-state index in [9.17, 15) is 18.0 Å². The van der Waals surface area contributed by atoms with Gasteiger partial charge in [-0.1, -0.05) is 6.07 Å². The minimum Gasteiger partial charge on any atom is -0.444 e. The number of nitrogens with one attached hydrogen (secondary N) is 1. The van der Waals surface area contributed by atoms with E-state index in [1.807, 2.05) is 20.8 Å². The summed E-state index contributed by atoms with van der Waals surface area (Å²) >= 11 is 0. The first-order valence-corrected chi connectivity index (χ1v) is 8.01. The van der Waals surface area contributed by atoms with Crippen LogP contribution in [0.1, 0.15) is 39.2 Å². The molecular weight excluding hydrogens is 321 g/mol. The molecular formula is C17H23F3N2O2. The number of hydrogen-bond acceptors (Lipinski definition) is 3. The van der Waals surface area contributed by atoms with E-state index in [-0.39, 0.29) is 24.2 Å². The number of nitrogens with zero attached hydrogens (tertiary/aromatic N) is 1. The van der Waals surface area contributed by atoms with Crippen LogP contribution in [-0.2, 0) is 11.3 Å². The number of rotatable bonds is 3. The predicted octanol–water partition coefficient (Wildman–Crippen LogP) is 3.59. The highest BCUT2D eigenvalue weighted by Gasteiger charge is 2.26. The summed E-state index contributed by atoms with van der Waals surface area (Å²) in [6, 6.07) is 2.23. The van der Waals surface area contributed by atoms with E-state index in [1.54, 1.807) is 4.90 Å². The van der Waals surface area contributed by atoms with Gasteiger partial charge in [-0.2, -0.15) is 0 Å². The van der Waals surface area contributed by atoms with E-state index in [0.29, 0.717) is 25.9 Å². The average molecular weight is 344 g/mol. The number of halogens is 3. The molecule has 0 unspecified atom stereocenters. The highest BCUT2D eigenvalue weighted by atomic mass is 19.2. The molecule has 0 atom stereocenters. The van der Waals surface area contributed by atoms with Crippen molar-refractivity contribution in [2.75, 3.05) is 13.1 Å². The van der Waals surface area contributed by atoms with Gasteiger partial charge in [0, 0.05) is 31.2 Å². The molecule has 1 amide bonds. The standard InChI is InChI=1S/C17H23F3N2O2/c1-17(2,3)24-16(23)22-8-6-12(7-9-22)21-10-11-4-5-13(18)15(20)14(11)19/h4-5,12,21H,6-10H2,1-3H3. The molecule has 0 aliphatic carbocycles. The zero-order chi connectivity index (χ0) is 17.9. The smallest absolute Gasteiger partial charge is 0.410 e. The fourth-order valence-electron chi connectivity index (χ4n) is 2.55. The van der Waals surface area contributed by atoms with Crippen LogP contribution in [0.5, 0.6) is 0 Å². The van der Waals surface area contributed by atoms with E-state index in [1.165, 1.54) is 6.07 Å². The number of carbonyl (C=O) groups excluding carboxylic acids is 1. The molecule has 1 heterocycles. The highest BCUT2D eigenvalue weighted by molar-refractivity contribution is 5.68. The topological polar surface area (TPSA) is 41.6 Å². The summed E-state index contributed by atoms with van der Waals surface area (Å²) < 4.78 is 45.0.